The lowest BCUT2D eigenvalue weighted by molar-refractivity contribution is 0.390. The van der Waals surface area contributed by atoms with E-state index in [1.807, 2.05) is 0 Å². The molecule has 1 aliphatic rings. The minimum Gasteiger partial charge on any atom is -0.242 e. The molecular formula is C18H11F6S+. The Balaban J connectivity index is 2.19. The van der Waals surface area contributed by atoms with Crippen LogP contribution in [0.2, 0.25) is 0 Å². The Morgan fingerprint density at radius 3 is 1.56 bits per heavy atom. The van der Waals surface area contributed by atoms with Crippen LogP contribution in [0.1, 0.15) is 6.42 Å². The second kappa shape index (κ2) is 7.00. The molecule has 7 heteroatoms. The van der Waals surface area contributed by atoms with Crippen LogP contribution in [-0.2, 0) is 10.9 Å². The average Bonchev–Trinajstić information content (AvgIpc) is 2.44. The van der Waals surface area contributed by atoms with Crippen molar-refractivity contribution in [3.8, 4) is 0 Å². The number of benzene rings is 2. The van der Waals surface area contributed by atoms with Gasteiger partial charge in [0.15, 0.2) is 9.79 Å². The maximum atomic E-state index is 13.7. The molecule has 2 aromatic rings. The number of rotatable bonds is 3. The molecule has 2 aromatic carbocycles. The first kappa shape index (κ1) is 17.7. The molecule has 0 aliphatic heterocycles. The Hall–Kier alpha value is -2.15. The zero-order chi connectivity index (χ0) is 18.1. The van der Waals surface area contributed by atoms with Gasteiger partial charge in [0, 0.05) is 42.5 Å². The van der Waals surface area contributed by atoms with Crippen molar-refractivity contribution in [2.24, 2.45) is 0 Å². The number of hydrogen-bond donors (Lipinski definition) is 0. The van der Waals surface area contributed by atoms with Crippen molar-refractivity contribution in [3.63, 3.8) is 0 Å². The molecule has 0 heterocycles. The third kappa shape index (κ3) is 4.10. The molecule has 25 heavy (non-hydrogen) atoms. The molecule has 0 N–H and O–H groups in total. The average molecular weight is 373 g/mol. The van der Waals surface area contributed by atoms with Crippen molar-refractivity contribution in [1.29, 1.82) is 0 Å². The van der Waals surface area contributed by atoms with Gasteiger partial charge in [-0.05, 0) is 6.08 Å². The van der Waals surface area contributed by atoms with Gasteiger partial charge in [-0.3, -0.25) is 0 Å². The maximum Gasteiger partial charge on any atom is 0.172 e. The van der Waals surface area contributed by atoms with E-state index < -0.39 is 46.2 Å². The highest BCUT2D eigenvalue weighted by Crippen LogP contribution is 2.37. The van der Waals surface area contributed by atoms with Gasteiger partial charge in [0.2, 0.25) is 0 Å². The van der Waals surface area contributed by atoms with Gasteiger partial charge in [-0.1, -0.05) is 0 Å². The minimum atomic E-state index is -1.63. The topological polar surface area (TPSA) is 0 Å². The number of allylic oxidation sites excluding steroid dienone is 4. The van der Waals surface area contributed by atoms with E-state index in [0.717, 1.165) is 36.4 Å². The molecule has 1 unspecified atom stereocenters. The van der Waals surface area contributed by atoms with E-state index in [1.54, 1.807) is 0 Å². The minimum absolute atomic E-state index is 0.0376. The van der Waals surface area contributed by atoms with Crippen LogP contribution in [0.4, 0.5) is 26.3 Å². The van der Waals surface area contributed by atoms with Crippen LogP contribution in [-0.4, -0.2) is 6.17 Å². The van der Waals surface area contributed by atoms with Crippen molar-refractivity contribution >= 4 is 10.9 Å². The number of halogens is 6. The first-order chi connectivity index (χ1) is 11.8. The Labute approximate surface area is 142 Å². The van der Waals surface area contributed by atoms with Crippen molar-refractivity contribution in [2.45, 2.75) is 22.4 Å². The summed E-state index contributed by atoms with van der Waals surface area (Å²) in [5.41, 5.74) is 0. The Kier molecular flexibility index (Phi) is 4.94. The van der Waals surface area contributed by atoms with E-state index in [4.69, 9.17) is 0 Å². The highest BCUT2D eigenvalue weighted by Gasteiger charge is 2.36. The third-order valence-corrected chi connectivity index (χ3v) is 5.66. The molecule has 0 saturated heterocycles. The smallest absolute Gasteiger partial charge is 0.172 e. The summed E-state index contributed by atoms with van der Waals surface area (Å²) in [5.74, 6) is -4.43. The summed E-state index contributed by atoms with van der Waals surface area (Å²) in [4.78, 5) is 0.230. The van der Waals surface area contributed by atoms with Gasteiger partial charge >= 0.3 is 0 Å². The van der Waals surface area contributed by atoms with Crippen molar-refractivity contribution < 1.29 is 26.3 Å². The molecule has 0 amide bonds. The lowest BCUT2D eigenvalue weighted by Gasteiger charge is -2.15. The van der Waals surface area contributed by atoms with Gasteiger partial charge in [-0.2, -0.15) is 0 Å². The molecular weight excluding hydrogens is 362 g/mol. The van der Waals surface area contributed by atoms with Crippen LogP contribution in [0.5, 0.6) is 0 Å². The normalized spacial score (nSPS) is 17.5. The molecule has 0 spiro atoms. The molecule has 0 aromatic heterocycles. The summed E-state index contributed by atoms with van der Waals surface area (Å²) in [6, 6.07) is 5.23. The standard InChI is InChI=1S/C18H11F6S/c19-10-1-11(20)5-16(4-10)25(17-6-12(21)2-13(22)7-17)18-8-14(23)3-15(24)9-18/h1-8,15H,9H2/q+1. The first-order valence-electron chi connectivity index (χ1n) is 7.20. The Morgan fingerprint density at radius 1 is 0.720 bits per heavy atom. The highest BCUT2D eigenvalue weighted by molar-refractivity contribution is 8.00. The molecule has 0 nitrogen and oxygen atoms in total. The summed E-state index contributed by atoms with van der Waals surface area (Å²) in [7, 11) is -1.44. The largest absolute Gasteiger partial charge is 0.242 e. The zero-order valence-corrected chi connectivity index (χ0v) is 13.4. The molecule has 0 bridgehead atoms. The Bertz CT molecular complexity index is 782. The van der Waals surface area contributed by atoms with Crippen molar-refractivity contribution in [3.05, 3.63) is 82.6 Å². The SMILES string of the molecule is FC1=CC(F)CC([S+](c2cc(F)cc(F)c2)c2cc(F)cc(F)c2)=C1. The second-order valence-electron chi connectivity index (χ2n) is 5.40. The van der Waals surface area contributed by atoms with E-state index in [0.29, 0.717) is 12.1 Å². The molecule has 0 fully saturated rings. The van der Waals surface area contributed by atoms with Gasteiger partial charge in [0.1, 0.15) is 40.2 Å². The van der Waals surface area contributed by atoms with Gasteiger partial charge in [-0.25, -0.2) is 26.3 Å². The van der Waals surface area contributed by atoms with Crippen LogP contribution in [0.15, 0.2) is 69.1 Å². The molecule has 130 valence electrons. The van der Waals surface area contributed by atoms with Gasteiger partial charge in [-0.15, -0.1) is 0 Å². The zero-order valence-electron chi connectivity index (χ0n) is 12.6. The van der Waals surface area contributed by atoms with Gasteiger partial charge in [0.25, 0.3) is 0 Å². The maximum absolute atomic E-state index is 13.7. The summed E-state index contributed by atoms with van der Waals surface area (Å²) >= 11 is 0. The Morgan fingerprint density at radius 2 is 1.16 bits per heavy atom. The summed E-state index contributed by atoms with van der Waals surface area (Å²) < 4.78 is 81.9. The van der Waals surface area contributed by atoms with E-state index in [1.165, 1.54) is 0 Å². The fraction of sp³-hybridized carbons (Fsp3) is 0.111. The predicted octanol–water partition coefficient (Wildman–Crippen LogP) is 5.76. The molecule has 0 saturated carbocycles. The summed E-state index contributed by atoms with van der Waals surface area (Å²) in [6.45, 7) is 0. The number of alkyl halides is 1. The van der Waals surface area contributed by atoms with Crippen LogP contribution in [0.25, 0.3) is 0 Å². The lowest BCUT2D eigenvalue weighted by atomic mass is 10.1. The molecule has 0 radical (unpaired) electrons. The number of hydrogen-bond acceptors (Lipinski definition) is 0. The van der Waals surface area contributed by atoms with Gasteiger partial charge in [0.05, 0.1) is 17.3 Å². The van der Waals surface area contributed by atoms with Crippen LogP contribution in [0, 0.1) is 23.3 Å². The van der Waals surface area contributed by atoms with E-state index >= 15 is 0 Å². The highest BCUT2D eigenvalue weighted by atomic mass is 32.2. The third-order valence-electron chi connectivity index (χ3n) is 3.44. The summed E-state index contributed by atoms with van der Waals surface area (Å²) in [5, 5.41) is 0. The summed E-state index contributed by atoms with van der Waals surface area (Å²) in [6.07, 6.45) is -0.0761. The predicted molar refractivity (Wildman–Crippen MR) is 83.4 cm³/mol. The first-order valence-corrected chi connectivity index (χ1v) is 8.43. The monoisotopic (exact) mass is 373 g/mol. The molecule has 1 aliphatic carbocycles. The van der Waals surface area contributed by atoms with E-state index in [-0.39, 0.29) is 21.1 Å². The van der Waals surface area contributed by atoms with Crippen molar-refractivity contribution in [2.75, 3.05) is 0 Å². The lowest BCUT2D eigenvalue weighted by Crippen LogP contribution is -2.15. The van der Waals surface area contributed by atoms with Crippen LogP contribution in [0.3, 0.4) is 0 Å². The second-order valence-corrected chi connectivity index (χ2v) is 7.48. The fourth-order valence-electron chi connectivity index (χ4n) is 2.56. The van der Waals surface area contributed by atoms with E-state index in [2.05, 4.69) is 0 Å². The van der Waals surface area contributed by atoms with Crippen LogP contribution < -0.4 is 0 Å². The van der Waals surface area contributed by atoms with E-state index in [9.17, 15) is 26.3 Å². The quantitative estimate of drug-likeness (QED) is 0.474. The van der Waals surface area contributed by atoms with Crippen LogP contribution >= 0.6 is 0 Å². The molecule has 3 rings (SSSR count). The van der Waals surface area contributed by atoms with Crippen molar-refractivity contribution in [1.82, 2.24) is 0 Å². The molecule has 1 atom stereocenters. The fourth-order valence-corrected chi connectivity index (χ4v) is 4.91. The van der Waals surface area contributed by atoms with Gasteiger partial charge < -0.3 is 0 Å².